The molecule has 8 heteroatoms. The molecule has 4 rings (SSSR count). The van der Waals surface area contributed by atoms with Crippen LogP contribution in [-0.2, 0) is 4.79 Å². The number of halogens is 1. The summed E-state index contributed by atoms with van der Waals surface area (Å²) in [5, 5.41) is 9.47. The number of aryl methyl sites for hydroxylation is 1. The van der Waals surface area contributed by atoms with Gasteiger partial charge in [-0.2, -0.15) is 0 Å². The first-order chi connectivity index (χ1) is 17.9. The molecule has 2 aromatic carbocycles. The molecular weight excluding hydrogens is 486 g/mol. The topological polar surface area (TPSA) is 69.6 Å². The van der Waals surface area contributed by atoms with Crippen LogP contribution >= 0.6 is 11.6 Å². The van der Waals surface area contributed by atoms with Crippen molar-refractivity contribution in [3.05, 3.63) is 76.8 Å². The first kappa shape index (κ1) is 26.6. The van der Waals surface area contributed by atoms with Gasteiger partial charge in [-0.15, -0.1) is 10.2 Å². The van der Waals surface area contributed by atoms with Crippen LogP contribution in [0.3, 0.4) is 0 Å². The molecule has 2 heterocycles. The third-order valence-corrected chi connectivity index (χ3v) is 7.37. The van der Waals surface area contributed by atoms with Crippen molar-refractivity contribution in [1.29, 1.82) is 0 Å². The van der Waals surface area contributed by atoms with Crippen LogP contribution in [0.4, 0.5) is 5.82 Å². The van der Waals surface area contributed by atoms with Gasteiger partial charge in [0.1, 0.15) is 6.54 Å². The van der Waals surface area contributed by atoms with Gasteiger partial charge in [0.05, 0.1) is 10.7 Å². The molecule has 0 N–H and O–H groups in total. The first-order valence-corrected chi connectivity index (χ1v) is 13.2. The maximum absolute atomic E-state index is 13.4. The van der Waals surface area contributed by atoms with E-state index < -0.39 is 0 Å². The molecule has 1 atom stereocenters. The minimum absolute atomic E-state index is 0.0239. The smallest absolute Gasteiger partial charge is 0.254 e. The molecule has 0 radical (unpaired) electrons. The molecule has 0 unspecified atom stereocenters. The number of benzene rings is 2. The molecule has 1 saturated heterocycles. The molecule has 194 valence electrons. The van der Waals surface area contributed by atoms with Crippen molar-refractivity contribution >= 4 is 29.2 Å². The highest BCUT2D eigenvalue weighted by atomic mass is 35.5. The molecule has 0 saturated carbocycles. The van der Waals surface area contributed by atoms with Crippen molar-refractivity contribution in [2.75, 3.05) is 37.6 Å². The Morgan fingerprint density at radius 3 is 2.43 bits per heavy atom. The Labute approximate surface area is 224 Å². The first-order valence-electron chi connectivity index (χ1n) is 12.9. The van der Waals surface area contributed by atoms with Gasteiger partial charge in [-0.25, -0.2) is 0 Å². The monoisotopic (exact) mass is 519 g/mol. The van der Waals surface area contributed by atoms with E-state index >= 15 is 0 Å². The van der Waals surface area contributed by atoms with E-state index in [1.54, 1.807) is 4.90 Å². The van der Waals surface area contributed by atoms with Gasteiger partial charge in [0.25, 0.3) is 5.91 Å². The number of aromatic nitrogens is 2. The molecule has 0 spiro atoms. The van der Waals surface area contributed by atoms with Gasteiger partial charge in [0, 0.05) is 43.3 Å². The second kappa shape index (κ2) is 12.2. The van der Waals surface area contributed by atoms with Gasteiger partial charge in [-0.05, 0) is 56.5 Å². The third-order valence-electron chi connectivity index (χ3n) is 7.04. The summed E-state index contributed by atoms with van der Waals surface area (Å²) in [4.78, 5) is 32.5. The van der Waals surface area contributed by atoms with Crippen LogP contribution < -0.4 is 4.90 Å². The lowest BCUT2D eigenvalue weighted by Gasteiger charge is -2.31. The molecule has 3 aromatic rings. The van der Waals surface area contributed by atoms with Crippen molar-refractivity contribution in [3.63, 3.8) is 0 Å². The maximum atomic E-state index is 13.4. The summed E-state index contributed by atoms with van der Waals surface area (Å²) in [6.07, 6.45) is 1.59. The van der Waals surface area contributed by atoms with E-state index in [2.05, 4.69) is 15.1 Å². The standard InChI is InChI=1S/C29H34ClN5O2/c1-4-22(3)35(29(37)23-11-6-5-10-21(23)2)20-28(36)34-17-9-16-33(18-19-34)27-15-14-26(31-32-27)24-12-7-8-13-25(24)30/h5-8,10-15,22H,4,9,16-20H2,1-3H3/t22-/m1/s1. The van der Waals surface area contributed by atoms with Crippen molar-refractivity contribution in [1.82, 2.24) is 20.0 Å². The number of hydrogen-bond donors (Lipinski definition) is 0. The van der Waals surface area contributed by atoms with Gasteiger partial charge in [0.2, 0.25) is 5.91 Å². The van der Waals surface area contributed by atoms with Crippen LogP contribution in [0.15, 0.2) is 60.7 Å². The van der Waals surface area contributed by atoms with Crippen molar-refractivity contribution in [2.24, 2.45) is 0 Å². The summed E-state index contributed by atoms with van der Waals surface area (Å²) in [5.74, 6) is 0.663. The Bertz CT molecular complexity index is 1230. The molecule has 2 amide bonds. The minimum Gasteiger partial charge on any atom is -0.353 e. The molecule has 1 aliphatic rings. The normalized spacial score (nSPS) is 14.7. The number of amides is 2. The number of carbonyl (C=O) groups excluding carboxylic acids is 2. The predicted molar refractivity (Wildman–Crippen MR) is 148 cm³/mol. The van der Waals surface area contributed by atoms with E-state index in [4.69, 9.17) is 11.6 Å². The van der Waals surface area contributed by atoms with Crippen LogP contribution in [0.2, 0.25) is 5.02 Å². The Hall–Kier alpha value is -3.45. The summed E-state index contributed by atoms with van der Waals surface area (Å²) >= 11 is 6.30. The zero-order valence-corrected chi connectivity index (χ0v) is 22.5. The van der Waals surface area contributed by atoms with Crippen LogP contribution in [0.25, 0.3) is 11.3 Å². The maximum Gasteiger partial charge on any atom is 0.254 e. The lowest BCUT2D eigenvalue weighted by Crippen LogP contribution is -2.47. The lowest BCUT2D eigenvalue weighted by atomic mass is 10.1. The SMILES string of the molecule is CC[C@@H](C)N(CC(=O)N1CCCN(c2ccc(-c3ccccc3Cl)nn2)CC1)C(=O)c1ccccc1C. The largest absolute Gasteiger partial charge is 0.353 e. The predicted octanol–water partition coefficient (Wildman–Crippen LogP) is 5.09. The molecule has 1 aromatic heterocycles. The number of carbonyl (C=O) groups is 2. The van der Waals surface area contributed by atoms with Crippen LogP contribution in [-0.4, -0.2) is 70.6 Å². The summed E-state index contributed by atoms with van der Waals surface area (Å²) in [7, 11) is 0. The second-order valence-corrected chi connectivity index (χ2v) is 9.89. The van der Waals surface area contributed by atoms with Gasteiger partial charge in [-0.1, -0.05) is 54.9 Å². The highest BCUT2D eigenvalue weighted by Crippen LogP contribution is 2.26. The molecular formula is C29H34ClN5O2. The van der Waals surface area contributed by atoms with Crippen LogP contribution in [0.1, 0.15) is 42.6 Å². The fraction of sp³-hybridized carbons (Fsp3) is 0.379. The number of rotatable bonds is 7. The molecule has 0 aliphatic carbocycles. The summed E-state index contributed by atoms with van der Waals surface area (Å²) < 4.78 is 0. The summed E-state index contributed by atoms with van der Waals surface area (Å²) in [6.45, 7) is 8.69. The lowest BCUT2D eigenvalue weighted by molar-refractivity contribution is -0.132. The zero-order valence-electron chi connectivity index (χ0n) is 21.7. The summed E-state index contributed by atoms with van der Waals surface area (Å²) in [6, 6.07) is 19.0. The highest BCUT2D eigenvalue weighted by molar-refractivity contribution is 6.33. The fourth-order valence-electron chi connectivity index (χ4n) is 4.56. The minimum atomic E-state index is -0.0915. The second-order valence-electron chi connectivity index (χ2n) is 9.48. The third kappa shape index (κ3) is 6.28. The van der Waals surface area contributed by atoms with Gasteiger partial charge < -0.3 is 14.7 Å². The van der Waals surface area contributed by atoms with E-state index in [0.29, 0.717) is 30.2 Å². The van der Waals surface area contributed by atoms with E-state index in [-0.39, 0.29) is 24.4 Å². The average molecular weight is 520 g/mol. The number of nitrogens with zero attached hydrogens (tertiary/aromatic N) is 5. The van der Waals surface area contributed by atoms with Gasteiger partial charge in [0.15, 0.2) is 5.82 Å². The fourth-order valence-corrected chi connectivity index (χ4v) is 4.80. The number of hydrogen-bond acceptors (Lipinski definition) is 5. The Morgan fingerprint density at radius 1 is 0.973 bits per heavy atom. The Balaban J connectivity index is 1.41. The van der Waals surface area contributed by atoms with E-state index in [1.165, 1.54) is 0 Å². The van der Waals surface area contributed by atoms with Crippen molar-refractivity contribution in [3.8, 4) is 11.3 Å². The number of anilines is 1. The molecule has 7 nitrogen and oxygen atoms in total. The summed E-state index contributed by atoms with van der Waals surface area (Å²) in [5.41, 5.74) is 3.14. The van der Waals surface area contributed by atoms with E-state index in [1.807, 2.05) is 86.3 Å². The average Bonchev–Trinajstić information content (AvgIpc) is 3.18. The molecule has 37 heavy (non-hydrogen) atoms. The van der Waals surface area contributed by atoms with E-state index in [0.717, 1.165) is 42.0 Å². The molecule has 1 aliphatic heterocycles. The zero-order chi connectivity index (χ0) is 26.4. The molecule has 1 fully saturated rings. The molecule has 0 bridgehead atoms. The highest BCUT2D eigenvalue weighted by Gasteiger charge is 2.27. The van der Waals surface area contributed by atoms with Crippen molar-refractivity contribution in [2.45, 2.75) is 39.7 Å². The Morgan fingerprint density at radius 2 is 1.73 bits per heavy atom. The Kier molecular flexibility index (Phi) is 8.77. The van der Waals surface area contributed by atoms with Crippen LogP contribution in [0, 0.1) is 6.92 Å². The van der Waals surface area contributed by atoms with E-state index in [9.17, 15) is 9.59 Å². The van der Waals surface area contributed by atoms with Gasteiger partial charge in [-0.3, -0.25) is 9.59 Å². The quantitative estimate of drug-likeness (QED) is 0.435. The van der Waals surface area contributed by atoms with Crippen LogP contribution in [0.5, 0.6) is 0 Å². The van der Waals surface area contributed by atoms with Crippen molar-refractivity contribution < 1.29 is 9.59 Å². The van der Waals surface area contributed by atoms with Gasteiger partial charge >= 0.3 is 0 Å².